The molecule has 0 spiro atoms. The van der Waals surface area contributed by atoms with Crippen LogP contribution in [0.15, 0.2) is 29.4 Å². The third-order valence-corrected chi connectivity index (χ3v) is 3.57. The minimum Gasteiger partial charge on any atom is -0.409 e. The molecule has 2 rings (SSSR count). The van der Waals surface area contributed by atoms with Gasteiger partial charge in [-0.15, -0.1) is 0 Å². The van der Waals surface area contributed by atoms with Crippen molar-refractivity contribution in [3.8, 4) is 0 Å². The summed E-state index contributed by atoms with van der Waals surface area (Å²) in [5, 5.41) is 14.3. The van der Waals surface area contributed by atoms with Crippen LogP contribution in [0, 0.1) is 11.3 Å². The van der Waals surface area contributed by atoms with E-state index in [1.54, 1.807) is 0 Å². The lowest BCUT2D eigenvalue weighted by Gasteiger charge is -2.07. The molecule has 0 saturated heterocycles. The van der Waals surface area contributed by atoms with Crippen molar-refractivity contribution in [3.63, 3.8) is 0 Å². The Balaban J connectivity index is 1.94. The zero-order valence-electron chi connectivity index (χ0n) is 11.2. The summed E-state index contributed by atoms with van der Waals surface area (Å²) in [6, 6.07) is 7.36. The Kier molecular flexibility index (Phi) is 3.46. The summed E-state index contributed by atoms with van der Waals surface area (Å²) in [6.45, 7) is 4.19. The van der Waals surface area contributed by atoms with E-state index < -0.39 is 0 Å². The third kappa shape index (κ3) is 3.24. The van der Waals surface area contributed by atoms with Crippen LogP contribution in [0.3, 0.4) is 0 Å². The normalized spacial score (nSPS) is 20.9. The molecule has 1 fully saturated rings. The number of benzene rings is 1. The average molecular weight is 261 g/mol. The van der Waals surface area contributed by atoms with E-state index in [1.807, 2.05) is 24.3 Å². The molecular weight excluding hydrogens is 242 g/mol. The molecule has 1 saturated carbocycles. The Labute approximate surface area is 112 Å². The van der Waals surface area contributed by atoms with Gasteiger partial charge < -0.3 is 16.3 Å². The number of carbonyl (C=O) groups excluding carboxylic acids is 1. The van der Waals surface area contributed by atoms with Gasteiger partial charge in [0.2, 0.25) is 5.91 Å². The van der Waals surface area contributed by atoms with Crippen LogP contribution in [0.25, 0.3) is 0 Å². The first kappa shape index (κ1) is 13.4. The van der Waals surface area contributed by atoms with Gasteiger partial charge in [-0.1, -0.05) is 31.1 Å². The lowest BCUT2D eigenvalue weighted by molar-refractivity contribution is -0.118. The average Bonchev–Trinajstić information content (AvgIpc) is 3.01. The van der Waals surface area contributed by atoms with Crippen molar-refractivity contribution in [3.05, 3.63) is 29.8 Å². The smallest absolute Gasteiger partial charge is 0.228 e. The molecule has 1 atom stereocenters. The van der Waals surface area contributed by atoms with Gasteiger partial charge in [0.25, 0.3) is 0 Å². The largest absolute Gasteiger partial charge is 0.409 e. The van der Waals surface area contributed by atoms with Crippen molar-refractivity contribution < 1.29 is 10.0 Å². The zero-order valence-corrected chi connectivity index (χ0v) is 11.2. The van der Waals surface area contributed by atoms with Crippen LogP contribution >= 0.6 is 0 Å². The summed E-state index contributed by atoms with van der Waals surface area (Å²) < 4.78 is 0. The van der Waals surface area contributed by atoms with Crippen molar-refractivity contribution in [1.29, 1.82) is 0 Å². The third-order valence-electron chi connectivity index (χ3n) is 3.57. The quantitative estimate of drug-likeness (QED) is 0.335. The van der Waals surface area contributed by atoms with Gasteiger partial charge in [0.1, 0.15) is 5.84 Å². The first-order chi connectivity index (χ1) is 8.92. The van der Waals surface area contributed by atoms with Gasteiger partial charge in [-0.2, -0.15) is 0 Å². The molecule has 5 nitrogen and oxygen atoms in total. The number of carbonyl (C=O) groups is 1. The van der Waals surface area contributed by atoms with Crippen molar-refractivity contribution >= 4 is 17.4 Å². The highest BCUT2D eigenvalue weighted by molar-refractivity contribution is 5.95. The van der Waals surface area contributed by atoms with Crippen molar-refractivity contribution in [2.75, 3.05) is 5.32 Å². The number of oxime groups is 1. The van der Waals surface area contributed by atoms with E-state index in [2.05, 4.69) is 24.3 Å². The second-order valence-electron chi connectivity index (χ2n) is 5.70. The van der Waals surface area contributed by atoms with Crippen LogP contribution in [-0.2, 0) is 11.2 Å². The lowest BCUT2D eigenvalue weighted by atomic mass is 10.1. The standard InChI is InChI=1S/C14H19N3O2/c1-14(2)8-11(14)13(18)16-10-5-3-9(4-6-10)7-12(15)17-19/h3-6,11,19H,7-8H2,1-2H3,(H2,15,17)(H,16,18). The maximum absolute atomic E-state index is 11.9. The summed E-state index contributed by atoms with van der Waals surface area (Å²) in [5.41, 5.74) is 7.27. The topological polar surface area (TPSA) is 87.7 Å². The number of hydrogen-bond donors (Lipinski definition) is 3. The molecule has 1 aromatic carbocycles. The number of hydrogen-bond acceptors (Lipinski definition) is 3. The summed E-state index contributed by atoms with van der Waals surface area (Å²) >= 11 is 0. The van der Waals surface area contributed by atoms with E-state index >= 15 is 0 Å². The maximum atomic E-state index is 11.9. The first-order valence-corrected chi connectivity index (χ1v) is 6.28. The highest BCUT2D eigenvalue weighted by Gasteiger charge is 2.50. The Hall–Kier alpha value is -2.04. The van der Waals surface area contributed by atoms with Gasteiger partial charge in [-0.25, -0.2) is 0 Å². The van der Waals surface area contributed by atoms with Crippen LogP contribution in [0.2, 0.25) is 0 Å². The molecule has 102 valence electrons. The second kappa shape index (κ2) is 4.91. The molecule has 0 radical (unpaired) electrons. The molecule has 4 N–H and O–H groups in total. The fraction of sp³-hybridized carbons (Fsp3) is 0.429. The SMILES string of the molecule is CC1(C)CC1C(=O)Nc1ccc(C/C(N)=N/O)cc1. The molecule has 0 bridgehead atoms. The minimum absolute atomic E-state index is 0.0779. The van der Waals surface area contributed by atoms with Crippen LogP contribution in [0.4, 0.5) is 5.69 Å². The zero-order chi connectivity index (χ0) is 14.0. The Morgan fingerprint density at radius 3 is 2.53 bits per heavy atom. The van der Waals surface area contributed by atoms with Gasteiger partial charge in [-0.05, 0) is 29.5 Å². The summed E-state index contributed by atoms with van der Waals surface area (Å²) in [7, 11) is 0. The predicted molar refractivity (Wildman–Crippen MR) is 74.1 cm³/mol. The van der Waals surface area contributed by atoms with Gasteiger partial charge in [0.15, 0.2) is 0 Å². The monoisotopic (exact) mass is 261 g/mol. The van der Waals surface area contributed by atoms with Crippen molar-refractivity contribution in [2.24, 2.45) is 22.2 Å². The summed E-state index contributed by atoms with van der Waals surface area (Å²) in [4.78, 5) is 11.9. The number of nitrogens with one attached hydrogen (secondary N) is 1. The van der Waals surface area contributed by atoms with Gasteiger partial charge in [-0.3, -0.25) is 4.79 Å². The molecule has 1 aliphatic carbocycles. The van der Waals surface area contributed by atoms with E-state index in [0.717, 1.165) is 17.7 Å². The molecule has 1 aromatic rings. The van der Waals surface area contributed by atoms with E-state index in [0.29, 0.717) is 6.42 Å². The second-order valence-corrected chi connectivity index (χ2v) is 5.70. The van der Waals surface area contributed by atoms with E-state index in [9.17, 15) is 4.79 Å². The molecule has 0 heterocycles. The molecule has 0 aromatic heterocycles. The van der Waals surface area contributed by atoms with Crippen LogP contribution in [0.5, 0.6) is 0 Å². The van der Waals surface area contributed by atoms with Gasteiger partial charge in [0.05, 0.1) is 0 Å². The van der Waals surface area contributed by atoms with Crippen LogP contribution < -0.4 is 11.1 Å². The fourth-order valence-electron chi connectivity index (χ4n) is 2.09. The minimum atomic E-state index is 0.0779. The molecule has 1 amide bonds. The lowest BCUT2D eigenvalue weighted by Crippen LogP contribution is -2.17. The van der Waals surface area contributed by atoms with E-state index in [1.165, 1.54) is 0 Å². The van der Waals surface area contributed by atoms with E-state index in [-0.39, 0.29) is 23.1 Å². The Bertz CT molecular complexity index is 506. The van der Waals surface area contributed by atoms with Crippen molar-refractivity contribution in [1.82, 2.24) is 0 Å². The Morgan fingerprint density at radius 2 is 2.05 bits per heavy atom. The van der Waals surface area contributed by atoms with Crippen LogP contribution in [0.1, 0.15) is 25.8 Å². The summed E-state index contributed by atoms with van der Waals surface area (Å²) in [5.74, 6) is 0.357. The number of nitrogens with zero attached hydrogens (tertiary/aromatic N) is 1. The molecule has 1 unspecified atom stereocenters. The highest BCUT2D eigenvalue weighted by Crippen LogP contribution is 2.51. The molecule has 19 heavy (non-hydrogen) atoms. The van der Waals surface area contributed by atoms with Crippen LogP contribution in [-0.4, -0.2) is 17.0 Å². The molecule has 5 heteroatoms. The Morgan fingerprint density at radius 1 is 1.47 bits per heavy atom. The van der Waals surface area contributed by atoms with Crippen molar-refractivity contribution in [2.45, 2.75) is 26.7 Å². The maximum Gasteiger partial charge on any atom is 0.228 e. The number of amidine groups is 1. The highest BCUT2D eigenvalue weighted by atomic mass is 16.4. The molecular formula is C14H19N3O2. The number of nitrogens with two attached hydrogens (primary N) is 1. The first-order valence-electron chi connectivity index (χ1n) is 6.28. The molecule has 1 aliphatic rings. The van der Waals surface area contributed by atoms with E-state index in [4.69, 9.17) is 10.9 Å². The fourth-order valence-corrected chi connectivity index (χ4v) is 2.09. The number of anilines is 1. The summed E-state index contributed by atoms with van der Waals surface area (Å²) in [6.07, 6.45) is 1.33. The number of rotatable bonds is 4. The number of amides is 1. The predicted octanol–water partition coefficient (Wildman–Crippen LogP) is 1.96. The van der Waals surface area contributed by atoms with Gasteiger partial charge in [0, 0.05) is 18.0 Å². The van der Waals surface area contributed by atoms with Gasteiger partial charge >= 0.3 is 0 Å². The molecule has 0 aliphatic heterocycles.